The molecule has 52 heavy (non-hydrogen) atoms. The van der Waals surface area contributed by atoms with Gasteiger partial charge in [0.25, 0.3) is 0 Å². The highest BCUT2D eigenvalue weighted by Crippen LogP contribution is 2.41. The smallest absolute Gasteiger partial charge is 0.305 e. The van der Waals surface area contributed by atoms with Gasteiger partial charge in [0.15, 0.2) is 11.5 Å². The third-order valence-electron chi connectivity index (χ3n) is 10.3. The van der Waals surface area contributed by atoms with Crippen molar-refractivity contribution >= 4 is 5.97 Å². The molecule has 0 aromatic heterocycles. The monoisotopic (exact) mass is 729 g/mol. The van der Waals surface area contributed by atoms with Gasteiger partial charge in [-0.15, -0.1) is 6.58 Å². The van der Waals surface area contributed by atoms with E-state index in [1.54, 1.807) is 7.11 Å². The number of allylic oxidation sites excluding steroid dienone is 1. The Morgan fingerprint density at radius 1 is 0.596 bits per heavy atom. The van der Waals surface area contributed by atoms with Gasteiger partial charge in [0.05, 0.1) is 13.7 Å². The first kappa shape index (κ1) is 47.9. The minimum atomic E-state index is 0.0266. The maximum absolute atomic E-state index is 11.9. The highest BCUT2D eigenvalue weighted by molar-refractivity contribution is 5.69. The van der Waals surface area contributed by atoms with Crippen LogP contribution in [0.5, 0.6) is 17.2 Å². The number of carbonyl (C=O) groups excluding carboxylic acids is 1. The van der Waals surface area contributed by atoms with Crippen molar-refractivity contribution in [2.45, 2.75) is 226 Å². The molecule has 0 fully saturated rings. The van der Waals surface area contributed by atoms with Crippen molar-refractivity contribution < 1.29 is 23.7 Å². The molecule has 1 aromatic carbocycles. The predicted molar refractivity (Wildman–Crippen MR) is 223 cm³/mol. The second-order valence-corrected chi connectivity index (χ2v) is 15.2. The number of hydrogen-bond acceptors (Lipinski definition) is 5. The van der Waals surface area contributed by atoms with Crippen LogP contribution in [-0.2, 0) is 16.0 Å². The van der Waals surface area contributed by atoms with Crippen LogP contribution < -0.4 is 14.2 Å². The maximum atomic E-state index is 11.9. The van der Waals surface area contributed by atoms with Crippen molar-refractivity contribution in [3.05, 3.63) is 30.4 Å². The number of hydrogen-bond donors (Lipinski definition) is 0. The van der Waals surface area contributed by atoms with Crippen molar-refractivity contribution in [3.63, 3.8) is 0 Å². The lowest BCUT2D eigenvalue weighted by atomic mass is 10.0. The molecule has 0 atom stereocenters. The van der Waals surface area contributed by atoms with Crippen LogP contribution in [0.2, 0.25) is 0 Å². The van der Waals surface area contributed by atoms with Crippen molar-refractivity contribution in [2.75, 3.05) is 20.5 Å². The first-order chi connectivity index (χ1) is 25.7. The average molecular weight is 729 g/mol. The minimum Gasteiger partial charge on any atom is -0.493 e. The van der Waals surface area contributed by atoms with Crippen molar-refractivity contribution in [2.24, 2.45) is 0 Å². The zero-order valence-electron chi connectivity index (χ0n) is 34.7. The lowest BCUT2D eigenvalue weighted by Crippen LogP contribution is -2.05. The number of benzene rings is 1. The molecule has 1 heterocycles. The number of esters is 1. The molecule has 2 rings (SSSR count). The zero-order valence-corrected chi connectivity index (χ0v) is 34.7. The van der Waals surface area contributed by atoms with Gasteiger partial charge in [0.2, 0.25) is 12.5 Å². The summed E-state index contributed by atoms with van der Waals surface area (Å²) in [7, 11) is 1.62. The summed E-state index contributed by atoms with van der Waals surface area (Å²) in [6, 6.07) is 3.89. The summed E-state index contributed by atoms with van der Waals surface area (Å²) in [6.45, 7) is 9.17. The highest BCUT2D eigenvalue weighted by Gasteiger charge is 2.19. The van der Waals surface area contributed by atoms with Crippen LogP contribution in [0.3, 0.4) is 0 Å². The molecule has 0 aliphatic carbocycles. The Morgan fingerprint density at radius 3 is 1.40 bits per heavy atom. The number of carbonyl (C=O) groups is 1. The van der Waals surface area contributed by atoms with E-state index >= 15 is 0 Å². The van der Waals surface area contributed by atoms with Gasteiger partial charge in [-0.1, -0.05) is 206 Å². The van der Waals surface area contributed by atoms with E-state index in [-0.39, 0.29) is 12.8 Å². The molecule has 302 valence electrons. The fourth-order valence-corrected chi connectivity index (χ4v) is 7.02. The molecule has 0 bridgehead atoms. The predicted octanol–water partition coefficient (Wildman–Crippen LogP) is 15.2. The van der Waals surface area contributed by atoms with E-state index < -0.39 is 0 Å². The molecule has 1 aliphatic heterocycles. The molecule has 0 amide bonds. The molecular formula is C47H84O5. The Labute approximate surface area is 322 Å². The number of unbranched alkanes of at least 4 members (excludes halogenated alkanes) is 29. The fraction of sp³-hybridized carbons (Fsp3) is 0.809. The van der Waals surface area contributed by atoms with Crippen molar-refractivity contribution in [3.8, 4) is 17.2 Å². The molecule has 0 saturated carbocycles. The van der Waals surface area contributed by atoms with Gasteiger partial charge in [-0.25, -0.2) is 0 Å². The summed E-state index contributed by atoms with van der Waals surface area (Å²) in [4.78, 5) is 11.9. The summed E-state index contributed by atoms with van der Waals surface area (Å²) >= 11 is 0. The van der Waals surface area contributed by atoms with E-state index in [1.165, 1.54) is 186 Å². The van der Waals surface area contributed by atoms with Gasteiger partial charge >= 0.3 is 5.97 Å². The zero-order chi connectivity index (χ0) is 37.6. The molecule has 0 N–H and O–H groups in total. The lowest BCUT2D eigenvalue weighted by molar-refractivity contribution is -0.143. The molecule has 0 spiro atoms. The molecule has 5 nitrogen and oxygen atoms in total. The fourth-order valence-electron chi connectivity index (χ4n) is 7.02. The van der Waals surface area contributed by atoms with Crippen LogP contribution in [0.1, 0.15) is 225 Å². The van der Waals surface area contributed by atoms with Gasteiger partial charge < -0.3 is 18.9 Å². The molecule has 1 aromatic rings. The first-order valence-electron chi connectivity index (χ1n) is 22.4. The normalized spacial score (nSPS) is 11.7. The Morgan fingerprint density at radius 2 is 1.00 bits per heavy atom. The van der Waals surface area contributed by atoms with Gasteiger partial charge in [-0.3, -0.25) is 4.79 Å². The summed E-state index contributed by atoms with van der Waals surface area (Å²) < 4.78 is 21.2. The van der Waals surface area contributed by atoms with Gasteiger partial charge in [-0.05, 0) is 37.0 Å². The topological polar surface area (TPSA) is 54.0 Å². The van der Waals surface area contributed by atoms with E-state index in [2.05, 4.69) is 20.4 Å². The van der Waals surface area contributed by atoms with E-state index in [0.717, 1.165) is 36.3 Å². The quantitative estimate of drug-likeness (QED) is 0.0391. The van der Waals surface area contributed by atoms with Crippen LogP contribution in [-0.4, -0.2) is 26.5 Å². The number of fused-ring (bicyclic) bond motifs is 1. The molecule has 1 aliphatic rings. The van der Waals surface area contributed by atoms with E-state index in [0.29, 0.717) is 18.8 Å². The van der Waals surface area contributed by atoms with Crippen molar-refractivity contribution in [1.82, 2.24) is 0 Å². The molecule has 0 saturated heterocycles. The molecule has 0 unspecified atom stereocenters. The Balaban J connectivity index is 0.000000790. The number of methoxy groups -OCH3 is 1. The van der Waals surface area contributed by atoms with Crippen LogP contribution in [0.4, 0.5) is 0 Å². The van der Waals surface area contributed by atoms with Crippen LogP contribution in [0, 0.1) is 0 Å². The van der Waals surface area contributed by atoms with E-state index in [1.807, 2.05) is 18.2 Å². The summed E-state index contributed by atoms with van der Waals surface area (Å²) in [6.07, 6.45) is 45.8. The summed E-state index contributed by atoms with van der Waals surface area (Å²) in [5, 5.41) is 0. The first-order valence-corrected chi connectivity index (χ1v) is 22.4. The largest absolute Gasteiger partial charge is 0.493 e. The molecule has 0 radical (unpaired) electrons. The molecular weight excluding hydrogens is 645 g/mol. The number of ether oxygens (including phenoxy) is 4. The standard InChI is InChI=1S/C36H72O2.C11H12O3/c1-3-5-7-9-11-13-15-16-17-18-19-20-21-22-23-25-27-29-31-33-35-38-36(37)34-32-30-28-26-24-14-12-10-8-6-4-2;1-3-4-8-5-9(12-2)11-10(6-8)13-7-14-11/h3-35H2,1-2H3;3,5-6H,1,4,7H2,2H3. The summed E-state index contributed by atoms with van der Waals surface area (Å²) in [5.41, 5.74) is 1.11. The second kappa shape index (κ2) is 37.2. The third-order valence-corrected chi connectivity index (χ3v) is 10.3. The second-order valence-electron chi connectivity index (χ2n) is 15.2. The average Bonchev–Trinajstić information content (AvgIpc) is 3.63. The molecule has 5 heteroatoms. The maximum Gasteiger partial charge on any atom is 0.305 e. The van der Waals surface area contributed by atoms with Crippen LogP contribution in [0.25, 0.3) is 0 Å². The van der Waals surface area contributed by atoms with Gasteiger partial charge in [0.1, 0.15) is 0 Å². The Bertz CT molecular complexity index is 944. The Kier molecular flexibility index (Phi) is 34.2. The Hall–Kier alpha value is -2.17. The highest BCUT2D eigenvalue weighted by atomic mass is 16.7. The van der Waals surface area contributed by atoms with Crippen molar-refractivity contribution in [1.29, 1.82) is 0 Å². The van der Waals surface area contributed by atoms with E-state index in [9.17, 15) is 4.79 Å². The minimum absolute atomic E-state index is 0.0266. The third kappa shape index (κ3) is 28.3. The van der Waals surface area contributed by atoms with E-state index in [4.69, 9.17) is 18.9 Å². The van der Waals surface area contributed by atoms with Gasteiger partial charge in [0, 0.05) is 6.42 Å². The summed E-state index contributed by atoms with van der Waals surface area (Å²) in [5.74, 6) is 2.19. The van der Waals surface area contributed by atoms with Gasteiger partial charge in [-0.2, -0.15) is 0 Å². The SMILES string of the molecule is C=CCc1cc(OC)c2c(c1)OCO2.CCCCCCCCCCCCCCCCCCCCCCOC(=O)CCCCCCCCCCCCC. The lowest BCUT2D eigenvalue weighted by Gasteiger charge is -2.06. The van der Waals surface area contributed by atoms with Crippen LogP contribution >= 0.6 is 0 Å². The van der Waals surface area contributed by atoms with Crippen LogP contribution in [0.15, 0.2) is 24.8 Å². The number of rotatable bonds is 36.